The lowest BCUT2D eigenvalue weighted by Crippen LogP contribution is -2.13. The van der Waals surface area contributed by atoms with Crippen LogP contribution < -0.4 is 5.32 Å². The van der Waals surface area contributed by atoms with Crippen molar-refractivity contribution in [2.45, 2.75) is 5.75 Å². The molecule has 3 rings (SSSR count). The molecule has 134 valence electrons. The van der Waals surface area contributed by atoms with Crippen molar-refractivity contribution in [2.24, 2.45) is 0 Å². The number of nitrogens with one attached hydrogen (secondary N) is 1. The van der Waals surface area contributed by atoms with Crippen molar-refractivity contribution < 1.29 is 13.4 Å². The second kappa shape index (κ2) is 7.85. The minimum Gasteiger partial charge on any atom is -0.322 e. The minimum absolute atomic E-state index is 0.203. The van der Waals surface area contributed by atoms with Crippen molar-refractivity contribution >= 4 is 34.0 Å². The van der Waals surface area contributed by atoms with E-state index in [1.807, 2.05) is 0 Å². The lowest BCUT2D eigenvalue weighted by Gasteiger charge is -2.10. The first-order valence-corrected chi connectivity index (χ1v) is 9.87. The molecular formula is C19H16ClFN2O2S. The number of halogens is 2. The lowest BCUT2D eigenvalue weighted by molar-refractivity contribution is 0.102. The molecule has 7 heteroatoms. The Bertz CT molecular complexity index is 974. The number of rotatable bonds is 5. The Morgan fingerprint density at radius 1 is 1.19 bits per heavy atom. The van der Waals surface area contributed by atoms with E-state index in [1.165, 1.54) is 6.07 Å². The molecular weight excluding hydrogens is 375 g/mol. The van der Waals surface area contributed by atoms with Gasteiger partial charge in [-0.25, -0.2) is 4.39 Å². The molecule has 0 saturated heterocycles. The van der Waals surface area contributed by atoms with E-state index in [0.717, 1.165) is 0 Å². The van der Waals surface area contributed by atoms with Crippen LogP contribution in [0.2, 0.25) is 5.02 Å². The summed E-state index contributed by atoms with van der Waals surface area (Å²) in [6.07, 6.45) is 5.03. The molecule has 0 saturated carbocycles. The summed E-state index contributed by atoms with van der Waals surface area (Å²) in [5.41, 5.74) is 1.76. The van der Waals surface area contributed by atoms with Crippen LogP contribution >= 0.6 is 11.6 Å². The molecule has 1 atom stereocenters. The molecule has 0 unspecified atom stereocenters. The zero-order chi connectivity index (χ0) is 18.7. The van der Waals surface area contributed by atoms with Gasteiger partial charge in [-0.05, 0) is 54.1 Å². The fraction of sp³-hybridized carbons (Fsp3) is 0.105. The number of benzene rings is 2. The van der Waals surface area contributed by atoms with Crippen LogP contribution in [0.25, 0.3) is 5.69 Å². The summed E-state index contributed by atoms with van der Waals surface area (Å²) >= 11 is 6.08. The van der Waals surface area contributed by atoms with Crippen molar-refractivity contribution in [2.75, 3.05) is 11.6 Å². The van der Waals surface area contributed by atoms with Crippen LogP contribution in [-0.4, -0.2) is 20.9 Å². The molecule has 26 heavy (non-hydrogen) atoms. The Hall–Kier alpha value is -2.44. The SMILES string of the molecule is C[S@@](=O)Cc1cc(NC(=O)c2ccc(-n3cccc3)c(F)c2)ccc1Cl. The molecule has 1 amide bonds. The van der Waals surface area contributed by atoms with E-state index in [9.17, 15) is 13.4 Å². The quantitative estimate of drug-likeness (QED) is 0.702. The highest BCUT2D eigenvalue weighted by Crippen LogP contribution is 2.23. The van der Waals surface area contributed by atoms with Gasteiger partial charge in [-0.15, -0.1) is 0 Å². The number of hydrogen-bond donors (Lipinski definition) is 1. The number of carbonyl (C=O) groups excluding carboxylic acids is 1. The van der Waals surface area contributed by atoms with Crippen molar-refractivity contribution in [1.29, 1.82) is 0 Å². The Kier molecular flexibility index (Phi) is 5.54. The highest BCUT2D eigenvalue weighted by Gasteiger charge is 2.12. The lowest BCUT2D eigenvalue weighted by atomic mass is 10.1. The summed E-state index contributed by atoms with van der Waals surface area (Å²) in [4.78, 5) is 12.4. The van der Waals surface area contributed by atoms with Crippen LogP contribution in [0.3, 0.4) is 0 Å². The maximum Gasteiger partial charge on any atom is 0.255 e. The van der Waals surface area contributed by atoms with Gasteiger partial charge in [0.1, 0.15) is 5.82 Å². The fourth-order valence-corrected chi connectivity index (χ4v) is 3.48. The van der Waals surface area contributed by atoms with Gasteiger partial charge in [-0.2, -0.15) is 0 Å². The van der Waals surface area contributed by atoms with E-state index in [1.54, 1.807) is 65.7 Å². The zero-order valence-corrected chi connectivity index (χ0v) is 15.5. The first-order valence-electron chi connectivity index (χ1n) is 7.77. The van der Waals surface area contributed by atoms with E-state index in [-0.39, 0.29) is 5.56 Å². The minimum atomic E-state index is -1.05. The first-order chi connectivity index (χ1) is 12.4. The molecule has 0 fully saturated rings. The maximum atomic E-state index is 14.3. The van der Waals surface area contributed by atoms with Gasteiger partial charge in [0.15, 0.2) is 0 Å². The van der Waals surface area contributed by atoms with Gasteiger partial charge in [-0.3, -0.25) is 9.00 Å². The predicted octanol–water partition coefficient (Wildman–Crippen LogP) is 4.40. The van der Waals surface area contributed by atoms with Gasteiger partial charge in [0, 0.05) is 51.5 Å². The fourth-order valence-electron chi connectivity index (χ4n) is 2.54. The van der Waals surface area contributed by atoms with Crippen LogP contribution in [0, 0.1) is 5.82 Å². The number of hydrogen-bond acceptors (Lipinski definition) is 2. The molecule has 0 bridgehead atoms. The monoisotopic (exact) mass is 390 g/mol. The smallest absolute Gasteiger partial charge is 0.255 e. The topological polar surface area (TPSA) is 51.1 Å². The van der Waals surface area contributed by atoms with Crippen LogP contribution in [0.15, 0.2) is 60.9 Å². The molecule has 3 aromatic rings. The van der Waals surface area contributed by atoms with Crippen LogP contribution in [0.4, 0.5) is 10.1 Å². The third kappa shape index (κ3) is 4.20. The van der Waals surface area contributed by atoms with Crippen molar-refractivity contribution in [1.82, 2.24) is 4.57 Å². The van der Waals surface area contributed by atoms with Crippen LogP contribution in [0.5, 0.6) is 0 Å². The zero-order valence-electron chi connectivity index (χ0n) is 13.9. The Morgan fingerprint density at radius 3 is 2.58 bits per heavy atom. The third-order valence-electron chi connectivity index (χ3n) is 3.75. The first kappa shape index (κ1) is 18.4. The van der Waals surface area contributed by atoms with Gasteiger partial charge in [0.25, 0.3) is 5.91 Å². The second-order valence-electron chi connectivity index (χ2n) is 5.73. The van der Waals surface area contributed by atoms with Crippen LogP contribution in [-0.2, 0) is 16.6 Å². The van der Waals surface area contributed by atoms with Gasteiger partial charge < -0.3 is 9.88 Å². The Morgan fingerprint density at radius 2 is 1.92 bits per heavy atom. The highest BCUT2D eigenvalue weighted by atomic mass is 35.5. The number of anilines is 1. The van der Waals surface area contributed by atoms with E-state index in [4.69, 9.17) is 11.6 Å². The van der Waals surface area contributed by atoms with Crippen molar-refractivity contribution in [3.05, 3.63) is 82.9 Å². The molecule has 2 aromatic carbocycles. The molecule has 1 heterocycles. The summed E-state index contributed by atoms with van der Waals surface area (Å²) in [5, 5.41) is 3.20. The predicted molar refractivity (Wildman–Crippen MR) is 103 cm³/mol. The number of carbonyl (C=O) groups is 1. The highest BCUT2D eigenvalue weighted by molar-refractivity contribution is 7.83. The molecule has 1 aromatic heterocycles. The summed E-state index contributed by atoms with van der Waals surface area (Å²) in [6.45, 7) is 0. The number of nitrogens with zero attached hydrogens (tertiary/aromatic N) is 1. The normalized spacial score (nSPS) is 12.0. The summed E-state index contributed by atoms with van der Waals surface area (Å²) < 4.78 is 27.4. The Labute approximate surface area is 158 Å². The molecule has 0 aliphatic heterocycles. The van der Waals surface area contributed by atoms with Gasteiger partial charge in [0.05, 0.1) is 5.69 Å². The summed E-state index contributed by atoms with van der Waals surface area (Å²) in [7, 11) is -1.05. The van der Waals surface area contributed by atoms with Crippen molar-refractivity contribution in [3.8, 4) is 5.69 Å². The third-order valence-corrected chi connectivity index (χ3v) is 4.84. The van der Waals surface area contributed by atoms with Gasteiger partial charge in [0.2, 0.25) is 0 Å². The Balaban J connectivity index is 1.80. The summed E-state index contributed by atoms with van der Waals surface area (Å²) in [5.74, 6) is -0.635. The molecule has 4 nitrogen and oxygen atoms in total. The van der Waals surface area contributed by atoms with Crippen LogP contribution in [0.1, 0.15) is 15.9 Å². The average molecular weight is 391 g/mol. The molecule has 0 aliphatic carbocycles. The van der Waals surface area contributed by atoms with E-state index >= 15 is 0 Å². The average Bonchev–Trinajstić information content (AvgIpc) is 3.11. The second-order valence-corrected chi connectivity index (χ2v) is 7.58. The molecule has 0 aliphatic rings. The summed E-state index contributed by atoms with van der Waals surface area (Å²) in [6, 6.07) is 12.9. The maximum absolute atomic E-state index is 14.3. The largest absolute Gasteiger partial charge is 0.322 e. The van der Waals surface area contributed by atoms with E-state index in [0.29, 0.717) is 27.7 Å². The number of amides is 1. The van der Waals surface area contributed by atoms with E-state index < -0.39 is 22.5 Å². The molecule has 0 radical (unpaired) electrons. The molecule has 0 spiro atoms. The van der Waals surface area contributed by atoms with Gasteiger partial charge >= 0.3 is 0 Å². The standard InChI is InChI=1S/C19H16ClFN2O2S/c1-26(25)12-14-10-15(5-6-16(14)20)22-19(24)13-4-7-18(17(21)11-13)23-8-2-3-9-23/h2-11H,12H2,1H3,(H,22,24)/t26-/m1/s1. The van der Waals surface area contributed by atoms with E-state index in [2.05, 4.69) is 5.32 Å². The van der Waals surface area contributed by atoms with Gasteiger partial charge in [-0.1, -0.05) is 11.6 Å². The van der Waals surface area contributed by atoms with Crippen molar-refractivity contribution in [3.63, 3.8) is 0 Å². The molecule has 1 N–H and O–H groups in total. The number of aromatic nitrogens is 1.